The highest BCUT2D eigenvalue weighted by molar-refractivity contribution is 5.73. The molecule has 0 saturated heterocycles. The van der Waals surface area contributed by atoms with Crippen LogP contribution in [-0.2, 0) is 9.59 Å². The first kappa shape index (κ1) is 9.10. The number of hydrogen-bond donors (Lipinski definition) is 2. The average Bonchev–Trinajstić information content (AvgIpc) is 1.87. The molecule has 0 radical (unpaired) electrons. The van der Waals surface area contributed by atoms with E-state index in [0.717, 1.165) is 0 Å². The summed E-state index contributed by atoms with van der Waals surface area (Å²) in [6.45, 7) is 1.63. The number of carbonyl (C=O) groups excluding carboxylic acids is 1. The lowest BCUT2D eigenvalue weighted by molar-refractivity contribution is -0.138. The number of hydrogen-bond acceptors (Lipinski definition) is 3. The molecule has 0 aromatic carbocycles. The van der Waals surface area contributed by atoms with Gasteiger partial charge >= 0.3 is 5.97 Å². The zero-order chi connectivity index (χ0) is 8.15. The predicted octanol–water partition coefficient (Wildman–Crippen LogP) is -0.377. The Morgan fingerprint density at radius 1 is 1.80 bits per heavy atom. The summed E-state index contributed by atoms with van der Waals surface area (Å²) < 4.78 is 0. The van der Waals surface area contributed by atoms with Crippen LogP contribution in [0, 0.1) is 5.92 Å². The largest absolute Gasteiger partial charge is 0.480 e. The molecule has 0 fully saturated rings. The van der Waals surface area contributed by atoms with Gasteiger partial charge in [0.2, 0.25) is 0 Å². The van der Waals surface area contributed by atoms with Crippen LogP contribution in [0.1, 0.15) is 13.3 Å². The molecule has 0 heterocycles. The van der Waals surface area contributed by atoms with Crippen molar-refractivity contribution in [3.8, 4) is 0 Å². The van der Waals surface area contributed by atoms with Crippen molar-refractivity contribution in [3.05, 3.63) is 0 Å². The summed E-state index contributed by atoms with van der Waals surface area (Å²) in [7, 11) is 0. The Hall–Kier alpha value is -0.900. The highest BCUT2D eigenvalue weighted by Crippen LogP contribution is 2.00. The predicted molar refractivity (Wildman–Crippen MR) is 35.5 cm³/mol. The molecule has 4 heteroatoms. The molecule has 0 spiro atoms. The maximum Gasteiger partial charge on any atom is 0.320 e. The van der Waals surface area contributed by atoms with Crippen molar-refractivity contribution >= 4 is 12.3 Å². The molecule has 0 amide bonds. The standard InChI is InChI=1S/C6H11NO3/c1-4(3-8)2-5(7)6(9)10/h3-5H,2,7H2,1H3,(H,9,10). The van der Waals surface area contributed by atoms with Crippen LogP contribution >= 0.6 is 0 Å². The van der Waals surface area contributed by atoms with Crippen molar-refractivity contribution in [1.29, 1.82) is 0 Å². The van der Waals surface area contributed by atoms with E-state index in [4.69, 9.17) is 10.8 Å². The van der Waals surface area contributed by atoms with Crippen molar-refractivity contribution in [2.75, 3.05) is 0 Å². The third-order valence-corrected chi connectivity index (χ3v) is 1.18. The van der Waals surface area contributed by atoms with E-state index in [-0.39, 0.29) is 12.3 Å². The van der Waals surface area contributed by atoms with Crippen LogP contribution in [-0.4, -0.2) is 23.4 Å². The van der Waals surface area contributed by atoms with E-state index in [0.29, 0.717) is 6.29 Å². The van der Waals surface area contributed by atoms with Crippen molar-refractivity contribution in [3.63, 3.8) is 0 Å². The molecule has 2 unspecified atom stereocenters. The van der Waals surface area contributed by atoms with E-state index in [9.17, 15) is 9.59 Å². The zero-order valence-corrected chi connectivity index (χ0v) is 5.78. The maximum atomic E-state index is 10.1. The van der Waals surface area contributed by atoms with Crippen molar-refractivity contribution in [2.45, 2.75) is 19.4 Å². The number of carboxylic acids is 1. The van der Waals surface area contributed by atoms with Gasteiger partial charge in [0.15, 0.2) is 0 Å². The Morgan fingerprint density at radius 3 is 2.60 bits per heavy atom. The number of carbonyl (C=O) groups is 2. The topological polar surface area (TPSA) is 80.4 Å². The summed E-state index contributed by atoms with van der Waals surface area (Å²) in [5.74, 6) is -1.33. The van der Waals surface area contributed by atoms with E-state index in [1.54, 1.807) is 6.92 Å². The fourth-order valence-corrected chi connectivity index (χ4v) is 0.557. The molecule has 0 aliphatic carbocycles. The van der Waals surface area contributed by atoms with Gasteiger partial charge in [0.1, 0.15) is 12.3 Å². The third kappa shape index (κ3) is 3.19. The molecule has 0 bridgehead atoms. The average molecular weight is 145 g/mol. The molecule has 2 atom stereocenters. The summed E-state index contributed by atoms with van der Waals surface area (Å²) in [5.41, 5.74) is 5.13. The van der Waals surface area contributed by atoms with Gasteiger partial charge in [-0.05, 0) is 6.42 Å². The Labute approximate surface area is 59.0 Å². The molecule has 0 aromatic heterocycles. The number of aldehydes is 1. The number of carboxylic acid groups (broad SMARTS) is 1. The molecule has 58 valence electrons. The van der Waals surface area contributed by atoms with Crippen molar-refractivity contribution in [2.24, 2.45) is 11.7 Å². The van der Waals surface area contributed by atoms with Gasteiger partial charge in [-0.3, -0.25) is 4.79 Å². The minimum atomic E-state index is -1.06. The fraction of sp³-hybridized carbons (Fsp3) is 0.667. The lowest BCUT2D eigenvalue weighted by atomic mass is 10.0. The number of aliphatic carboxylic acids is 1. The molecule has 4 nitrogen and oxygen atoms in total. The molecule has 0 aliphatic heterocycles. The van der Waals surface area contributed by atoms with Gasteiger partial charge in [-0.1, -0.05) is 6.92 Å². The summed E-state index contributed by atoms with van der Waals surface area (Å²) in [6, 6.07) is -0.916. The van der Waals surface area contributed by atoms with Crippen molar-refractivity contribution in [1.82, 2.24) is 0 Å². The summed E-state index contributed by atoms with van der Waals surface area (Å²) >= 11 is 0. The van der Waals surface area contributed by atoms with Gasteiger partial charge in [0.05, 0.1) is 0 Å². The molecule has 0 aromatic rings. The van der Waals surface area contributed by atoms with E-state index >= 15 is 0 Å². The Bertz CT molecular complexity index is 135. The molecule has 0 rings (SSSR count). The summed E-state index contributed by atoms with van der Waals surface area (Å²) in [4.78, 5) is 20.1. The Kier molecular flexibility index (Phi) is 3.64. The summed E-state index contributed by atoms with van der Waals surface area (Å²) in [6.07, 6.45) is 0.904. The van der Waals surface area contributed by atoms with Gasteiger partial charge in [0, 0.05) is 5.92 Å². The van der Waals surface area contributed by atoms with Gasteiger partial charge in [-0.25, -0.2) is 0 Å². The minimum absolute atomic E-state index is 0.207. The quantitative estimate of drug-likeness (QED) is 0.528. The van der Waals surface area contributed by atoms with Gasteiger partial charge < -0.3 is 15.6 Å². The number of nitrogens with two attached hydrogens (primary N) is 1. The maximum absolute atomic E-state index is 10.1. The highest BCUT2D eigenvalue weighted by Gasteiger charge is 2.14. The molecular weight excluding hydrogens is 134 g/mol. The molecule has 0 saturated carbocycles. The smallest absolute Gasteiger partial charge is 0.320 e. The molecule has 0 aliphatic rings. The van der Waals surface area contributed by atoms with Gasteiger partial charge in [-0.2, -0.15) is 0 Å². The van der Waals surface area contributed by atoms with Gasteiger partial charge in [-0.15, -0.1) is 0 Å². The van der Waals surface area contributed by atoms with Crippen LogP contribution in [0.15, 0.2) is 0 Å². The SMILES string of the molecule is CC(C=O)CC(N)C(=O)O. The van der Waals surface area contributed by atoms with E-state index in [2.05, 4.69) is 0 Å². The second-order valence-corrected chi connectivity index (χ2v) is 2.29. The molecular formula is C6H11NO3. The second kappa shape index (κ2) is 4.00. The Morgan fingerprint density at radius 2 is 2.30 bits per heavy atom. The Balaban J connectivity index is 3.67. The van der Waals surface area contributed by atoms with Crippen LogP contribution in [0.25, 0.3) is 0 Å². The van der Waals surface area contributed by atoms with Crippen LogP contribution in [0.3, 0.4) is 0 Å². The summed E-state index contributed by atoms with van der Waals surface area (Å²) in [5, 5.41) is 8.29. The van der Waals surface area contributed by atoms with E-state index in [1.165, 1.54) is 0 Å². The number of rotatable bonds is 4. The first-order chi connectivity index (χ1) is 4.57. The fourth-order valence-electron chi connectivity index (χ4n) is 0.557. The first-order valence-electron chi connectivity index (χ1n) is 3.01. The lowest BCUT2D eigenvalue weighted by Crippen LogP contribution is -2.32. The first-order valence-corrected chi connectivity index (χ1v) is 3.01. The van der Waals surface area contributed by atoms with Gasteiger partial charge in [0.25, 0.3) is 0 Å². The third-order valence-electron chi connectivity index (χ3n) is 1.18. The zero-order valence-electron chi connectivity index (χ0n) is 5.78. The van der Waals surface area contributed by atoms with Crippen LogP contribution < -0.4 is 5.73 Å². The van der Waals surface area contributed by atoms with Crippen LogP contribution in [0.5, 0.6) is 0 Å². The van der Waals surface area contributed by atoms with E-state index in [1.807, 2.05) is 0 Å². The minimum Gasteiger partial charge on any atom is -0.480 e. The highest BCUT2D eigenvalue weighted by atomic mass is 16.4. The lowest BCUT2D eigenvalue weighted by Gasteiger charge is -2.06. The molecule has 10 heavy (non-hydrogen) atoms. The monoisotopic (exact) mass is 145 g/mol. The van der Waals surface area contributed by atoms with Crippen LogP contribution in [0.4, 0.5) is 0 Å². The second-order valence-electron chi connectivity index (χ2n) is 2.29. The van der Waals surface area contributed by atoms with E-state index < -0.39 is 12.0 Å². The molecule has 3 N–H and O–H groups in total. The van der Waals surface area contributed by atoms with Crippen molar-refractivity contribution < 1.29 is 14.7 Å². The normalized spacial score (nSPS) is 15.8. The van der Waals surface area contributed by atoms with Crippen LogP contribution in [0.2, 0.25) is 0 Å².